The van der Waals surface area contributed by atoms with Crippen LogP contribution in [-0.2, 0) is 0 Å². The number of ether oxygens (including phenoxy) is 2. The Morgan fingerprint density at radius 3 is 2.56 bits per heavy atom. The van der Waals surface area contributed by atoms with Crippen LogP contribution in [0.25, 0.3) is 0 Å². The van der Waals surface area contributed by atoms with Gasteiger partial charge in [-0.25, -0.2) is 4.79 Å². The molecule has 0 unspecified atom stereocenters. The lowest BCUT2D eigenvalue weighted by molar-refractivity contribution is 0.0696. The molecule has 1 saturated carbocycles. The molecule has 0 bridgehead atoms. The van der Waals surface area contributed by atoms with Crippen molar-refractivity contribution in [1.29, 1.82) is 0 Å². The van der Waals surface area contributed by atoms with Crippen molar-refractivity contribution >= 4 is 5.97 Å². The van der Waals surface area contributed by atoms with Crippen LogP contribution in [0.3, 0.4) is 0 Å². The predicted octanol–water partition coefficient (Wildman–Crippen LogP) is 2.32. The highest BCUT2D eigenvalue weighted by molar-refractivity contribution is 5.88. The molecule has 0 aromatic heterocycles. The van der Waals surface area contributed by atoms with E-state index in [0.29, 0.717) is 11.5 Å². The zero-order valence-corrected chi connectivity index (χ0v) is 9.32. The first-order valence-corrected chi connectivity index (χ1v) is 5.14. The summed E-state index contributed by atoms with van der Waals surface area (Å²) in [7, 11) is 1.50. The monoisotopic (exact) mass is 222 g/mol. The van der Waals surface area contributed by atoms with Crippen molar-refractivity contribution in [3.63, 3.8) is 0 Å². The van der Waals surface area contributed by atoms with E-state index < -0.39 is 5.97 Å². The Bertz CT molecular complexity index is 421. The van der Waals surface area contributed by atoms with Crippen molar-refractivity contribution in [3.05, 3.63) is 23.8 Å². The Balaban J connectivity index is 2.27. The fourth-order valence-corrected chi connectivity index (χ4v) is 1.43. The maximum Gasteiger partial charge on any atom is 0.335 e. The van der Waals surface area contributed by atoms with Crippen LogP contribution >= 0.6 is 0 Å². The number of methoxy groups -OCH3 is 1. The van der Waals surface area contributed by atoms with E-state index in [9.17, 15) is 4.79 Å². The summed E-state index contributed by atoms with van der Waals surface area (Å²) in [4.78, 5) is 10.8. The quantitative estimate of drug-likeness (QED) is 0.849. The molecular weight excluding hydrogens is 208 g/mol. The summed E-state index contributed by atoms with van der Waals surface area (Å²) < 4.78 is 10.9. The van der Waals surface area contributed by atoms with E-state index in [1.54, 1.807) is 6.07 Å². The van der Waals surface area contributed by atoms with Crippen LogP contribution in [-0.4, -0.2) is 23.8 Å². The highest BCUT2D eigenvalue weighted by Gasteiger charge is 2.40. The minimum atomic E-state index is -0.970. The first-order chi connectivity index (χ1) is 7.54. The minimum Gasteiger partial charge on any atom is -0.493 e. The molecule has 0 aliphatic heterocycles. The van der Waals surface area contributed by atoms with Crippen molar-refractivity contribution in [3.8, 4) is 11.5 Å². The third kappa shape index (κ3) is 2.10. The summed E-state index contributed by atoms with van der Waals surface area (Å²) in [5.41, 5.74) is 0.100. The highest BCUT2D eigenvalue weighted by atomic mass is 16.5. The standard InChI is InChI=1S/C12H14O4/c1-12(5-6-12)16-9-4-3-8(11(13)14)7-10(9)15-2/h3-4,7H,5-6H2,1-2H3,(H,13,14). The molecule has 1 N–H and O–H groups in total. The topological polar surface area (TPSA) is 55.8 Å². The van der Waals surface area contributed by atoms with Gasteiger partial charge < -0.3 is 14.6 Å². The lowest BCUT2D eigenvalue weighted by Crippen LogP contribution is -2.13. The molecule has 0 amide bonds. The van der Waals surface area contributed by atoms with Crippen LogP contribution in [0, 0.1) is 0 Å². The Morgan fingerprint density at radius 1 is 1.38 bits per heavy atom. The van der Waals surface area contributed by atoms with Gasteiger partial charge in [-0.3, -0.25) is 0 Å². The maximum absolute atomic E-state index is 10.8. The molecule has 1 fully saturated rings. The average molecular weight is 222 g/mol. The molecule has 0 radical (unpaired) electrons. The molecule has 1 aromatic rings. The number of rotatable bonds is 4. The molecule has 0 atom stereocenters. The molecule has 16 heavy (non-hydrogen) atoms. The summed E-state index contributed by atoms with van der Waals surface area (Å²) in [5.74, 6) is 0.100. The number of carbonyl (C=O) groups is 1. The van der Waals surface area contributed by atoms with Crippen molar-refractivity contribution in [2.24, 2.45) is 0 Å². The maximum atomic E-state index is 10.8. The van der Waals surface area contributed by atoms with Gasteiger partial charge in [-0.2, -0.15) is 0 Å². The van der Waals surface area contributed by atoms with Gasteiger partial charge in [0.15, 0.2) is 11.5 Å². The van der Waals surface area contributed by atoms with E-state index in [1.165, 1.54) is 19.2 Å². The smallest absolute Gasteiger partial charge is 0.335 e. The van der Waals surface area contributed by atoms with Gasteiger partial charge in [0.2, 0.25) is 0 Å². The molecule has 0 heterocycles. The molecule has 0 saturated heterocycles. The van der Waals surface area contributed by atoms with Crippen molar-refractivity contribution < 1.29 is 19.4 Å². The Kier molecular flexibility index (Phi) is 2.50. The van der Waals surface area contributed by atoms with Gasteiger partial charge in [0.05, 0.1) is 12.7 Å². The minimum absolute atomic E-state index is 0.0992. The lowest BCUT2D eigenvalue weighted by Gasteiger charge is -2.15. The second kappa shape index (κ2) is 3.70. The fraction of sp³-hybridized carbons (Fsp3) is 0.417. The van der Waals surface area contributed by atoms with E-state index in [-0.39, 0.29) is 11.2 Å². The number of hydrogen-bond donors (Lipinski definition) is 1. The molecule has 1 aliphatic carbocycles. The van der Waals surface area contributed by atoms with Gasteiger partial charge >= 0.3 is 5.97 Å². The first-order valence-electron chi connectivity index (χ1n) is 5.14. The van der Waals surface area contributed by atoms with Crippen LogP contribution < -0.4 is 9.47 Å². The van der Waals surface area contributed by atoms with Gasteiger partial charge in [0, 0.05) is 0 Å². The molecule has 4 nitrogen and oxygen atoms in total. The summed E-state index contributed by atoms with van der Waals surface area (Å²) in [5, 5.41) is 8.84. The van der Waals surface area contributed by atoms with E-state index in [1.807, 2.05) is 6.92 Å². The van der Waals surface area contributed by atoms with Crippen molar-refractivity contribution in [2.45, 2.75) is 25.4 Å². The van der Waals surface area contributed by atoms with Crippen molar-refractivity contribution in [1.82, 2.24) is 0 Å². The van der Waals surface area contributed by atoms with Crippen molar-refractivity contribution in [2.75, 3.05) is 7.11 Å². The first kappa shape index (κ1) is 10.8. The summed E-state index contributed by atoms with van der Waals surface area (Å²) in [6.07, 6.45) is 2.05. The zero-order valence-electron chi connectivity index (χ0n) is 9.32. The van der Waals surface area contributed by atoms with Crippen LogP contribution in [0.1, 0.15) is 30.1 Å². The zero-order chi connectivity index (χ0) is 11.8. The van der Waals surface area contributed by atoms with E-state index in [2.05, 4.69) is 0 Å². The largest absolute Gasteiger partial charge is 0.493 e. The second-order valence-electron chi connectivity index (χ2n) is 4.22. The Morgan fingerprint density at radius 2 is 2.06 bits per heavy atom. The van der Waals surface area contributed by atoms with Gasteiger partial charge in [0.25, 0.3) is 0 Å². The van der Waals surface area contributed by atoms with Crippen LogP contribution in [0.2, 0.25) is 0 Å². The lowest BCUT2D eigenvalue weighted by atomic mass is 10.2. The Labute approximate surface area is 93.8 Å². The molecule has 86 valence electrons. The number of carboxylic acids is 1. The normalized spacial score (nSPS) is 16.6. The SMILES string of the molecule is COc1cc(C(=O)O)ccc1OC1(C)CC1. The number of benzene rings is 1. The molecule has 4 heteroatoms. The predicted molar refractivity (Wildman–Crippen MR) is 58.2 cm³/mol. The van der Waals surface area contributed by atoms with Gasteiger partial charge in [0.1, 0.15) is 5.60 Å². The van der Waals surface area contributed by atoms with Crippen LogP contribution in [0.5, 0.6) is 11.5 Å². The highest BCUT2D eigenvalue weighted by Crippen LogP contribution is 2.42. The third-order valence-corrected chi connectivity index (χ3v) is 2.72. The average Bonchev–Trinajstić information content (AvgIpc) is 2.96. The van der Waals surface area contributed by atoms with Crippen LogP contribution in [0.15, 0.2) is 18.2 Å². The van der Waals surface area contributed by atoms with E-state index in [4.69, 9.17) is 14.6 Å². The second-order valence-corrected chi connectivity index (χ2v) is 4.22. The summed E-state index contributed by atoms with van der Waals surface area (Å²) in [6.45, 7) is 2.03. The Hall–Kier alpha value is -1.71. The molecule has 1 aromatic carbocycles. The third-order valence-electron chi connectivity index (χ3n) is 2.72. The number of carboxylic acid groups (broad SMARTS) is 1. The van der Waals surface area contributed by atoms with E-state index in [0.717, 1.165) is 12.8 Å². The van der Waals surface area contributed by atoms with Gasteiger partial charge in [-0.05, 0) is 38.0 Å². The van der Waals surface area contributed by atoms with Gasteiger partial charge in [-0.1, -0.05) is 0 Å². The molecule has 1 aliphatic rings. The summed E-state index contributed by atoms with van der Waals surface area (Å²) >= 11 is 0. The van der Waals surface area contributed by atoms with E-state index >= 15 is 0 Å². The molecule has 0 spiro atoms. The fourth-order valence-electron chi connectivity index (χ4n) is 1.43. The molecular formula is C12H14O4. The number of aromatic carboxylic acids is 1. The van der Waals surface area contributed by atoms with Gasteiger partial charge in [-0.15, -0.1) is 0 Å². The summed E-state index contributed by atoms with van der Waals surface area (Å²) in [6, 6.07) is 4.64. The molecule has 2 rings (SSSR count). The number of hydrogen-bond acceptors (Lipinski definition) is 3. The van der Waals surface area contributed by atoms with Crippen LogP contribution in [0.4, 0.5) is 0 Å².